The van der Waals surface area contributed by atoms with Gasteiger partial charge in [-0.15, -0.1) is 5.10 Å². The van der Waals surface area contributed by atoms with Gasteiger partial charge in [-0.3, -0.25) is 4.98 Å². The van der Waals surface area contributed by atoms with E-state index in [0.29, 0.717) is 12.1 Å². The van der Waals surface area contributed by atoms with Gasteiger partial charge < -0.3 is 5.11 Å². The summed E-state index contributed by atoms with van der Waals surface area (Å²) >= 11 is 3.42. The molecule has 2 heterocycles. The smallest absolute Gasteiger partial charge is 0.112 e. The van der Waals surface area contributed by atoms with Gasteiger partial charge >= 0.3 is 0 Å². The molecule has 3 rings (SSSR count). The first-order valence-electron chi connectivity index (χ1n) is 6.34. The molecule has 0 saturated heterocycles. The van der Waals surface area contributed by atoms with Gasteiger partial charge in [-0.05, 0) is 34.5 Å². The van der Waals surface area contributed by atoms with Crippen LogP contribution in [0.15, 0.2) is 41.1 Å². The van der Waals surface area contributed by atoms with Gasteiger partial charge in [0.25, 0.3) is 0 Å². The molecule has 1 aromatic carbocycles. The quantitative estimate of drug-likeness (QED) is 0.800. The van der Waals surface area contributed by atoms with E-state index >= 15 is 0 Å². The SMILES string of the molecule is CCC(O)c1cn(-c2cccc3cc(Br)cnc23)nn1. The van der Waals surface area contributed by atoms with Crippen molar-refractivity contribution in [2.24, 2.45) is 0 Å². The first-order chi connectivity index (χ1) is 9.69. The van der Waals surface area contributed by atoms with E-state index in [2.05, 4.69) is 31.2 Å². The Balaban J connectivity index is 2.12. The number of hydrogen-bond donors (Lipinski definition) is 1. The Hall–Kier alpha value is -1.79. The number of aromatic nitrogens is 4. The number of rotatable bonds is 3. The lowest BCUT2D eigenvalue weighted by atomic mass is 10.2. The first-order valence-corrected chi connectivity index (χ1v) is 7.13. The molecular formula is C14H13BrN4O. The molecular weight excluding hydrogens is 320 g/mol. The molecule has 1 atom stereocenters. The van der Waals surface area contributed by atoms with Crippen molar-refractivity contribution in [1.29, 1.82) is 0 Å². The molecule has 2 aromatic heterocycles. The molecule has 0 aliphatic carbocycles. The number of aliphatic hydroxyl groups is 1. The van der Waals surface area contributed by atoms with Crippen LogP contribution < -0.4 is 0 Å². The minimum atomic E-state index is -0.583. The van der Waals surface area contributed by atoms with Crippen LogP contribution in [-0.2, 0) is 0 Å². The highest BCUT2D eigenvalue weighted by atomic mass is 79.9. The Morgan fingerprint density at radius 2 is 2.25 bits per heavy atom. The molecule has 0 amide bonds. The zero-order valence-electron chi connectivity index (χ0n) is 10.9. The molecule has 0 bridgehead atoms. The highest BCUT2D eigenvalue weighted by Gasteiger charge is 2.12. The number of fused-ring (bicyclic) bond motifs is 1. The summed E-state index contributed by atoms with van der Waals surface area (Å²) in [6.07, 6.45) is 3.53. The third-order valence-electron chi connectivity index (χ3n) is 3.14. The molecule has 0 aliphatic rings. The van der Waals surface area contributed by atoms with E-state index in [0.717, 1.165) is 21.1 Å². The van der Waals surface area contributed by atoms with Crippen molar-refractivity contribution < 1.29 is 5.11 Å². The van der Waals surface area contributed by atoms with Gasteiger partial charge in [0.2, 0.25) is 0 Å². The number of halogens is 1. The van der Waals surface area contributed by atoms with Crippen LogP contribution >= 0.6 is 15.9 Å². The Labute approximate surface area is 124 Å². The first kappa shape index (κ1) is 13.2. The molecule has 0 fully saturated rings. The highest BCUT2D eigenvalue weighted by molar-refractivity contribution is 9.10. The number of para-hydroxylation sites is 1. The maximum absolute atomic E-state index is 9.80. The highest BCUT2D eigenvalue weighted by Crippen LogP contribution is 2.23. The zero-order chi connectivity index (χ0) is 14.1. The fraction of sp³-hybridized carbons (Fsp3) is 0.214. The summed E-state index contributed by atoms with van der Waals surface area (Å²) in [4.78, 5) is 4.43. The average molecular weight is 333 g/mol. The molecule has 1 N–H and O–H groups in total. The Kier molecular flexibility index (Phi) is 3.50. The van der Waals surface area contributed by atoms with Crippen LogP contribution in [0, 0.1) is 0 Å². The summed E-state index contributed by atoms with van der Waals surface area (Å²) in [5, 5.41) is 18.9. The van der Waals surface area contributed by atoms with Crippen molar-refractivity contribution >= 4 is 26.8 Å². The standard InChI is InChI=1S/C14H13BrN4O/c1-2-13(20)11-8-19(18-17-11)12-5-3-4-9-6-10(15)7-16-14(9)12/h3-8,13,20H,2H2,1H3. The largest absolute Gasteiger partial charge is 0.387 e. The summed E-state index contributed by atoms with van der Waals surface area (Å²) < 4.78 is 2.58. The Morgan fingerprint density at radius 1 is 1.40 bits per heavy atom. The maximum atomic E-state index is 9.80. The van der Waals surface area contributed by atoms with E-state index in [4.69, 9.17) is 0 Å². The Morgan fingerprint density at radius 3 is 3.05 bits per heavy atom. The molecule has 102 valence electrons. The third kappa shape index (κ3) is 2.32. The van der Waals surface area contributed by atoms with Gasteiger partial charge in [0.15, 0.2) is 0 Å². The second kappa shape index (κ2) is 5.30. The summed E-state index contributed by atoms with van der Waals surface area (Å²) in [6.45, 7) is 1.90. The molecule has 3 aromatic rings. The number of aliphatic hydroxyl groups excluding tert-OH is 1. The van der Waals surface area contributed by atoms with Crippen LogP contribution in [0.4, 0.5) is 0 Å². The second-order valence-electron chi connectivity index (χ2n) is 4.51. The Bertz CT molecular complexity index is 756. The van der Waals surface area contributed by atoms with Crippen molar-refractivity contribution in [2.45, 2.75) is 19.4 Å². The van der Waals surface area contributed by atoms with Crippen molar-refractivity contribution in [3.8, 4) is 5.69 Å². The second-order valence-corrected chi connectivity index (χ2v) is 5.43. The maximum Gasteiger partial charge on any atom is 0.112 e. The van der Waals surface area contributed by atoms with Crippen molar-refractivity contribution in [2.75, 3.05) is 0 Å². The molecule has 0 saturated carbocycles. The molecule has 5 nitrogen and oxygen atoms in total. The lowest BCUT2D eigenvalue weighted by Crippen LogP contribution is -1.97. The van der Waals surface area contributed by atoms with Crippen molar-refractivity contribution in [3.63, 3.8) is 0 Å². The number of nitrogens with zero attached hydrogens (tertiary/aromatic N) is 4. The van der Waals surface area contributed by atoms with E-state index < -0.39 is 6.10 Å². The van der Waals surface area contributed by atoms with Gasteiger partial charge in [-0.2, -0.15) is 0 Å². The fourth-order valence-electron chi connectivity index (χ4n) is 2.06. The molecule has 0 spiro atoms. The molecule has 1 unspecified atom stereocenters. The van der Waals surface area contributed by atoms with Crippen LogP contribution in [0.3, 0.4) is 0 Å². The third-order valence-corrected chi connectivity index (χ3v) is 3.58. The van der Waals surface area contributed by atoms with E-state index in [1.54, 1.807) is 17.1 Å². The van der Waals surface area contributed by atoms with Crippen molar-refractivity contribution in [3.05, 3.63) is 46.8 Å². The molecule has 20 heavy (non-hydrogen) atoms. The summed E-state index contributed by atoms with van der Waals surface area (Å²) in [7, 11) is 0. The van der Waals surface area contributed by atoms with E-state index in [1.165, 1.54) is 0 Å². The summed E-state index contributed by atoms with van der Waals surface area (Å²) in [5.74, 6) is 0. The molecule has 6 heteroatoms. The van der Waals surface area contributed by atoms with E-state index in [9.17, 15) is 5.11 Å². The minimum absolute atomic E-state index is 0.571. The molecule has 0 radical (unpaired) electrons. The fourth-order valence-corrected chi connectivity index (χ4v) is 2.41. The predicted molar refractivity (Wildman–Crippen MR) is 79.6 cm³/mol. The van der Waals surface area contributed by atoms with Crippen LogP contribution in [0.25, 0.3) is 16.6 Å². The van der Waals surface area contributed by atoms with Crippen LogP contribution in [0.2, 0.25) is 0 Å². The number of benzene rings is 1. The van der Waals surface area contributed by atoms with Crippen LogP contribution in [0.5, 0.6) is 0 Å². The van der Waals surface area contributed by atoms with Gasteiger partial charge in [0.1, 0.15) is 5.69 Å². The van der Waals surface area contributed by atoms with Crippen LogP contribution in [-0.4, -0.2) is 25.1 Å². The van der Waals surface area contributed by atoms with E-state index in [1.807, 2.05) is 31.2 Å². The lowest BCUT2D eigenvalue weighted by Gasteiger charge is -2.05. The summed E-state index contributed by atoms with van der Waals surface area (Å²) in [5.41, 5.74) is 2.26. The molecule has 0 aliphatic heterocycles. The monoisotopic (exact) mass is 332 g/mol. The predicted octanol–water partition coefficient (Wildman–Crippen LogP) is 3.02. The van der Waals surface area contributed by atoms with Crippen LogP contribution in [0.1, 0.15) is 25.1 Å². The average Bonchev–Trinajstić information content (AvgIpc) is 2.95. The normalized spacial score (nSPS) is 12.8. The number of hydrogen-bond acceptors (Lipinski definition) is 4. The van der Waals surface area contributed by atoms with Gasteiger partial charge in [0, 0.05) is 16.1 Å². The number of pyridine rings is 1. The van der Waals surface area contributed by atoms with Gasteiger partial charge in [-0.1, -0.05) is 24.3 Å². The van der Waals surface area contributed by atoms with E-state index in [-0.39, 0.29) is 0 Å². The topological polar surface area (TPSA) is 63.8 Å². The lowest BCUT2D eigenvalue weighted by molar-refractivity contribution is 0.169. The van der Waals surface area contributed by atoms with Gasteiger partial charge in [-0.25, -0.2) is 4.68 Å². The minimum Gasteiger partial charge on any atom is -0.387 e. The van der Waals surface area contributed by atoms with Gasteiger partial charge in [0.05, 0.1) is 23.5 Å². The summed E-state index contributed by atoms with van der Waals surface area (Å²) in [6, 6.07) is 7.88. The van der Waals surface area contributed by atoms with Crippen molar-refractivity contribution in [1.82, 2.24) is 20.0 Å². The zero-order valence-corrected chi connectivity index (χ0v) is 12.4.